The number of nitro benzene ring substituents is 1. The summed E-state index contributed by atoms with van der Waals surface area (Å²) < 4.78 is 5.29. The number of carbonyl (C=O) groups excluding carboxylic acids is 2. The van der Waals surface area contributed by atoms with Gasteiger partial charge in [-0.3, -0.25) is 14.9 Å². The summed E-state index contributed by atoms with van der Waals surface area (Å²) >= 11 is 0. The molecule has 7 heteroatoms. The Labute approximate surface area is 170 Å². The highest BCUT2D eigenvalue weighted by molar-refractivity contribution is 6.04. The molecule has 7 nitrogen and oxygen atoms in total. The minimum atomic E-state index is -0.677. The topological polar surface area (TPSA) is 98.5 Å². The van der Waals surface area contributed by atoms with Gasteiger partial charge in [0.2, 0.25) is 0 Å². The van der Waals surface area contributed by atoms with Gasteiger partial charge in [0.05, 0.1) is 17.1 Å². The summed E-state index contributed by atoms with van der Waals surface area (Å²) in [6, 6.07) is 6.16. The van der Waals surface area contributed by atoms with E-state index in [4.69, 9.17) is 4.74 Å². The van der Waals surface area contributed by atoms with E-state index >= 15 is 0 Å². The van der Waals surface area contributed by atoms with Crippen LogP contribution < -0.4 is 5.32 Å². The average molecular weight is 398 g/mol. The van der Waals surface area contributed by atoms with Crippen LogP contribution in [0.3, 0.4) is 0 Å². The second-order valence-electron chi connectivity index (χ2n) is 8.21. The smallest absolute Gasteiger partial charge is 0.336 e. The summed E-state index contributed by atoms with van der Waals surface area (Å²) in [5, 5.41) is 14.6. The molecule has 29 heavy (non-hydrogen) atoms. The van der Waals surface area contributed by atoms with Crippen molar-refractivity contribution in [2.45, 2.75) is 52.9 Å². The van der Waals surface area contributed by atoms with Crippen molar-refractivity contribution in [1.82, 2.24) is 5.32 Å². The summed E-state index contributed by atoms with van der Waals surface area (Å²) in [5.41, 5.74) is 2.66. The monoisotopic (exact) mass is 398 g/mol. The first-order valence-corrected chi connectivity index (χ1v) is 9.86. The van der Waals surface area contributed by atoms with Crippen molar-refractivity contribution >= 4 is 17.4 Å². The number of Topliss-reactive ketones (excluding diaryl/α,β-unsaturated/α-hetero) is 1. The van der Waals surface area contributed by atoms with Crippen LogP contribution in [0.25, 0.3) is 0 Å². The molecule has 0 bridgehead atoms. The van der Waals surface area contributed by atoms with Gasteiger partial charge >= 0.3 is 5.97 Å². The van der Waals surface area contributed by atoms with Crippen LogP contribution in [0, 0.1) is 15.5 Å². The van der Waals surface area contributed by atoms with E-state index in [0.29, 0.717) is 41.7 Å². The minimum Gasteiger partial charge on any atom is -0.463 e. The second-order valence-corrected chi connectivity index (χ2v) is 8.21. The lowest BCUT2D eigenvalue weighted by Crippen LogP contribution is -2.39. The fraction of sp³-hybridized carbons (Fsp3) is 0.455. The number of hydrogen-bond acceptors (Lipinski definition) is 6. The molecule has 2 aliphatic rings. The van der Waals surface area contributed by atoms with Gasteiger partial charge < -0.3 is 10.1 Å². The van der Waals surface area contributed by atoms with E-state index < -0.39 is 16.8 Å². The molecule has 0 spiro atoms. The van der Waals surface area contributed by atoms with Crippen molar-refractivity contribution in [2.24, 2.45) is 5.41 Å². The summed E-state index contributed by atoms with van der Waals surface area (Å²) in [4.78, 5) is 36.9. The molecule has 1 aromatic carbocycles. The van der Waals surface area contributed by atoms with Crippen LogP contribution in [0.5, 0.6) is 0 Å². The predicted octanol–water partition coefficient (Wildman–Crippen LogP) is 4.15. The molecular weight excluding hydrogens is 372 g/mol. The highest BCUT2D eigenvalue weighted by Gasteiger charge is 2.43. The standard InChI is InChI=1S/C22H26N2O5/c1-5-15-20(21(26)29-6-2)18(13-8-7-9-14(10-13)24(27)28)19-16(23-15)11-22(3,4)12-17(19)25/h7-10,18,23H,5-6,11-12H2,1-4H3/t18-/m1/s1. The van der Waals surface area contributed by atoms with Crippen LogP contribution in [0.15, 0.2) is 46.8 Å². The van der Waals surface area contributed by atoms with Crippen LogP contribution in [-0.4, -0.2) is 23.3 Å². The number of dihydropyridines is 1. The molecule has 1 heterocycles. The number of non-ortho nitro benzene ring substituents is 1. The van der Waals surface area contributed by atoms with Gasteiger partial charge in [0, 0.05) is 41.4 Å². The lowest BCUT2D eigenvalue weighted by molar-refractivity contribution is -0.384. The molecule has 3 rings (SSSR count). The van der Waals surface area contributed by atoms with Gasteiger partial charge in [0.1, 0.15) is 0 Å². The van der Waals surface area contributed by atoms with Gasteiger partial charge in [-0.25, -0.2) is 4.79 Å². The Bertz CT molecular complexity index is 942. The fourth-order valence-electron chi connectivity index (χ4n) is 4.23. The molecule has 1 atom stereocenters. The van der Waals surface area contributed by atoms with E-state index in [1.807, 2.05) is 20.8 Å². The number of esters is 1. The number of rotatable bonds is 5. The van der Waals surface area contributed by atoms with Crippen molar-refractivity contribution in [3.63, 3.8) is 0 Å². The highest BCUT2D eigenvalue weighted by Crippen LogP contribution is 2.47. The normalized spacial score (nSPS) is 20.8. The third-order valence-corrected chi connectivity index (χ3v) is 5.39. The van der Waals surface area contributed by atoms with Crippen molar-refractivity contribution in [2.75, 3.05) is 6.61 Å². The number of nitrogens with one attached hydrogen (secondary N) is 1. The lowest BCUT2D eigenvalue weighted by atomic mass is 9.68. The molecule has 1 aromatic rings. The van der Waals surface area contributed by atoms with Crippen molar-refractivity contribution in [3.8, 4) is 0 Å². The number of benzene rings is 1. The SMILES string of the molecule is CCOC(=O)C1=C(CC)NC2=C(C(=O)CC(C)(C)C2)[C@H]1c1cccc([N+](=O)[O-])c1. The van der Waals surface area contributed by atoms with E-state index in [1.54, 1.807) is 19.1 Å². The largest absolute Gasteiger partial charge is 0.463 e. The van der Waals surface area contributed by atoms with Crippen molar-refractivity contribution < 1.29 is 19.2 Å². The number of ether oxygens (including phenoxy) is 1. The van der Waals surface area contributed by atoms with Gasteiger partial charge in [0.25, 0.3) is 5.69 Å². The Balaban J connectivity index is 2.24. The van der Waals surface area contributed by atoms with Gasteiger partial charge in [-0.1, -0.05) is 32.9 Å². The van der Waals surface area contributed by atoms with Gasteiger partial charge in [-0.15, -0.1) is 0 Å². The van der Waals surface area contributed by atoms with Crippen molar-refractivity contribution in [1.29, 1.82) is 0 Å². The summed E-state index contributed by atoms with van der Waals surface area (Å²) in [5.74, 6) is -1.22. The lowest BCUT2D eigenvalue weighted by Gasteiger charge is -2.39. The second kappa shape index (κ2) is 7.81. The number of carbonyl (C=O) groups is 2. The first-order chi connectivity index (χ1) is 13.7. The zero-order valence-electron chi connectivity index (χ0n) is 17.2. The van der Waals surface area contributed by atoms with E-state index in [-0.39, 0.29) is 23.5 Å². The Morgan fingerprint density at radius 3 is 2.66 bits per heavy atom. The Hall–Kier alpha value is -2.96. The number of ketones is 1. The third-order valence-electron chi connectivity index (χ3n) is 5.39. The third kappa shape index (κ3) is 3.95. The van der Waals surface area contributed by atoms with Crippen LogP contribution in [0.4, 0.5) is 5.69 Å². The molecule has 0 unspecified atom stereocenters. The Morgan fingerprint density at radius 1 is 1.31 bits per heavy atom. The minimum absolute atomic E-state index is 0.0443. The quantitative estimate of drug-likeness (QED) is 0.454. The molecule has 1 N–H and O–H groups in total. The molecule has 154 valence electrons. The first-order valence-electron chi connectivity index (χ1n) is 9.86. The van der Waals surface area contributed by atoms with Crippen LogP contribution in [-0.2, 0) is 14.3 Å². The maximum Gasteiger partial charge on any atom is 0.336 e. The van der Waals surface area contributed by atoms with Gasteiger partial charge in [0.15, 0.2) is 5.78 Å². The molecule has 0 amide bonds. The average Bonchev–Trinajstić information content (AvgIpc) is 2.65. The molecule has 1 aliphatic heterocycles. The van der Waals surface area contributed by atoms with Crippen LogP contribution >= 0.6 is 0 Å². The predicted molar refractivity (Wildman–Crippen MR) is 108 cm³/mol. The fourth-order valence-corrected chi connectivity index (χ4v) is 4.23. The van der Waals surface area contributed by atoms with E-state index in [0.717, 1.165) is 5.70 Å². The number of nitro groups is 1. The summed E-state index contributed by atoms with van der Waals surface area (Å²) in [6.07, 6.45) is 1.57. The number of nitrogens with zero attached hydrogens (tertiary/aromatic N) is 1. The van der Waals surface area contributed by atoms with Crippen LogP contribution in [0.1, 0.15) is 58.4 Å². The van der Waals surface area contributed by atoms with Crippen molar-refractivity contribution in [3.05, 3.63) is 62.5 Å². The zero-order chi connectivity index (χ0) is 21.3. The maximum atomic E-state index is 13.2. The summed E-state index contributed by atoms with van der Waals surface area (Å²) in [7, 11) is 0. The maximum absolute atomic E-state index is 13.2. The molecular formula is C22H26N2O5. The van der Waals surface area contributed by atoms with Crippen LogP contribution in [0.2, 0.25) is 0 Å². The van der Waals surface area contributed by atoms with E-state index in [2.05, 4.69) is 5.32 Å². The molecule has 0 saturated carbocycles. The summed E-state index contributed by atoms with van der Waals surface area (Å²) in [6.45, 7) is 7.92. The highest BCUT2D eigenvalue weighted by atomic mass is 16.6. The molecule has 0 saturated heterocycles. The van der Waals surface area contributed by atoms with Gasteiger partial charge in [-0.05, 0) is 30.7 Å². The van der Waals surface area contributed by atoms with E-state index in [1.165, 1.54) is 12.1 Å². The number of hydrogen-bond donors (Lipinski definition) is 1. The van der Waals surface area contributed by atoms with Gasteiger partial charge in [-0.2, -0.15) is 0 Å². The molecule has 0 aromatic heterocycles. The van der Waals surface area contributed by atoms with E-state index in [9.17, 15) is 19.7 Å². The number of allylic oxidation sites excluding steroid dienone is 3. The molecule has 0 fully saturated rings. The molecule has 1 aliphatic carbocycles. The first kappa shape index (κ1) is 20.8. The zero-order valence-corrected chi connectivity index (χ0v) is 17.2. The Morgan fingerprint density at radius 2 is 2.03 bits per heavy atom. The molecule has 0 radical (unpaired) electrons. The Kier molecular flexibility index (Phi) is 5.59.